The van der Waals surface area contributed by atoms with Gasteiger partial charge in [0, 0.05) is 13.7 Å². The highest BCUT2D eigenvalue weighted by Crippen LogP contribution is 2.37. The zero-order chi connectivity index (χ0) is 11.8. The number of benzene rings is 1. The summed E-state index contributed by atoms with van der Waals surface area (Å²) < 4.78 is 0. The van der Waals surface area contributed by atoms with Gasteiger partial charge in [-0.05, 0) is 42.4 Å². The van der Waals surface area contributed by atoms with Gasteiger partial charge in [-0.15, -0.1) is 0 Å². The quantitative estimate of drug-likeness (QED) is 0.733. The van der Waals surface area contributed by atoms with Crippen molar-refractivity contribution in [3.8, 4) is 0 Å². The summed E-state index contributed by atoms with van der Waals surface area (Å²) in [5.74, 6) is 0. The first-order chi connectivity index (χ1) is 7.50. The third-order valence-electron chi connectivity index (χ3n) is 3.54. The van der Waals surface area contributed by atoms with Crippen molar-refractivity contribution >= 4 is 11.3 Å². The molecule has 0 fully saturated rings. The van der Waals surface area contributed by atoms with Gasteiger partial charge in [0.25, 0.3) is 0 Å². The fourth-order valence-electron chi connectivity index (χ4n) is 2.43. The van der Waals surface area contributed by atoms with E-state index in [9.17, 15) is 0 Å². The lowest BCUT2D eigenvalue weighted by Gasteiger charge is -2.25. The Morgan fingerprint density at radius 2 is 2.19 bits per heavy atom. The van der Waals surface area contributed by atoms with Crippen molar-refractivity contribution in [1.82, 2.24) is 0 Å². The molecule has 0 aromatic heterocycles. The average molecular weight is 217 g/mol. The predicted molar refractivity (Wildman–Crippen MR) is 74.0 cm³/mol. The van der Waals surface area contributed by atoms with E-state index in [4.69, 9.17) is 0 Å². The summed E-state index contributed by atoms with van der Waals surface area (Å²) in [6.07, 6.45) is 2.49. The van der Waals surface area contributed by atoms with Crippen LogP contribution in [-0.4, -0.2) is 6.54 Å². The number of allylic oxidation sites excluding steroid dienone is 1. The van der Waals surface area contributed by atoms with E-state index in [1.54, 1.807) is 0 Å². The summed E-state index contributed by atoms with van der Waals surface area (Å²) in [4.78, 5) is 0. The van der Waals surface area contributed by atoms with Crippen LogP contribution >= 0.6 is 0 Å². The number of nitrogens with one attached hydrogen (secondary N) is 1. The molecule has 0 aliphatic carbocycles. The topological polar surface area (TPSA) is 12.0 Å². The molecule has 1 aromatic carbocycles. The Balaban J connectivity index is 0.00000144. The van der Waals surface area contributed by atoms with Gasteiger partial charge in [-0.2, -0.15) is 0 Å². The van der Waals surface area contributed by atoms with E-state index >= 15 is 0 Å². The van der Waals surface area contributed by atoms with E-state index in [2.05, 4.69) is 50.9 Å². The molecule has 88 valence electrons. The van der Waals surface area contributed by atoms with Crippen LogP contribution in [-0.2, 0) is 5.41 Å². The SMILES string of the molecule is C=C(C)c1ccc2c(c1)NCCCC2(C)C.[HH]. The standard InChI is InChI=1S/C15H21N.H2/c1-11(2)12-6-7-13-14(10-12)16-9-5-8-15(13,3)4;/h6-7,10,16H,1,5,8-9H2,2-4H3;1H. The fourth-order valence-corrected chi connectivity index (χ4v) is 2.43. The summed E-state index contributed by atoms with van der Waals surface area (Å²) in [6, 6.07) is 6.69. The number of anilines is 1. The van der Waals surface area contributed by atoms with Crippen LogP contribution in [0.15, 0.2) is 24.8 Å². The van der Waals surface area contributed by atoms with Gasteiger partial charge < -0.3 is 5.32 Å². The Labute approximate surface area is 100 Å². The predicted octanol–water partition coefficient (Wildman–Crippen LogP) is 4.45. The average Bonchev–Trinajstić information content (AvgIpc) is 2.37. The van der Waals surface area contributed by atoms with Crippen molar-refractivity contribution in [2.24, 2.45) is 0 Å². The van der Waals surface area contributed by atoms with Crippen LogP contribution in [0.5, 0.6) is 0 Å². The van der Waals surface area contributed by atoms with Crippen molar-refractivity contribution in [3.63, 3.8) is 0 Å². The van der Waals surface area contributed by atoms with Crippen molar-refractivity contribution in [2.75, 3.05) is 11.9 Å². The summed E-state index contributed by atoms with van der Waals surface area (Å²) in [6.45, 7) is 11.8. The van der Waals surface area contributed by atoms with Gasteiger partial charge in [-0.25, -0.2) is 0 Å². The van der Waals surface area contributed by atoms with E-state index in [0.29, 0.717) is 0 Å². The molecule has 0 spiro atoms. The van der Waals surface area contributed by atoms with Crippen molar-refractivity contribution < 1.29 is 1.43 Å². The summed E-state index contributed by atoms with van der Waals surface area (Å²) in [5.41, 5.74) is 5.39. The summed E-state index contributed by atoms with van der Waals surface area (Å²) in [5, 5.41) is 3.53. The Bertz CT molecular complexity index is 421. The highest BCUT2D eigenvalue weighted by atomic mass is 14.9. The van der Waals surface area contributed by atoms with E-state index < -0.39 is 0 Å². The first kappa shape index (κ1) is 11.3. The molecular weight excluding hydrogens is 194 g/mol. The van der Waals surface area contributed by atoms with Crippen LogP contribution < -0.4 is 5.32 Å². The molecule has 0 unspecified atom stereocenters. The molecular formula is C15H23N. The molecule has 1 heterocycles. The maximum absolute atomic E-state index is 4.01. The molecule has 1 aliphatic rings. The van der Waals surface area contributed by atoms with E-state index in [1.165, 1.54) is 29.7 Å². The van der Waals surface area contributed by atoms with E-state index in [0.717, 1.165) is 12.1 Å². The molecule has 16 heavy (non-hydrogen) atoms. The van der Waals surface area contributed by atoms with Crippen LogP contribution in [0.1, 0.15) is 46.2 Å². The molecule has 1 nitrogen and oxygen atoms in total. The van der Waals surface area contributed by atoms with Crippen molar-refractivity contribution in [3.05, 3.63) is 35.9 Å². The lowest BCUT2D eigenvalue weighted by Crippen LogP contribution is -2.16. The molecule has 1 N–H and O–H groups in total. The maximum Gasteiger partial charge on any atom is 0.0384 e. The second-order valence-electron chi connectivity index (χ2n) is 5.45. The van der Waals surface area contributed by atoms with Crippen LogP contribution in [0.2, 0.25) is 0 Å². The van der Waals surface area contributed by atoms with Crippen LogP contribution in [0.4, 0.5) is 5.69 Å². The molecule has 0 atom stereocenters. The van der Waals surface area contributed by atoms with Crippen LogP contribution in [0.3, 0.4) is 0 Å². The normalized spacial score (nSPS) is 18.2. The minimum absolute atomic E-state index is 0. The minimum Gasteiger partial charge on any atom is -0.385 e. The van der Waals surface area contributed by atoms with Crippen molar-refractivity contribution in [1.29, 1.82) is 0 Å². The molecule has 0 radical (unpaired) electrons. The van der Waals surface area contributed by atoms with Gasteiger partial charge in [-0.3, -0.25) is 0 Å². The number of hydrogen-bond donors (Lipinski definition) is 1. The fraction of sp³-hybridized carbons (Fsp3) is 0.467. The first-order valence-electron chi connectivity index (χ1n) is 6.05. The number of hydrogen-bond acceptors (Lipinski definition) is 1. The monoisotopic (exact) mass is 217 g/mol. The molecule has 0 saturated heterocycles. The number of fused-ring (bicyclic) bond motifs is 1. The molecule has 1 aromatic rings. The second kappa shape index (κ2) is 3.97. The Morgan fingerprint density at radius 1 is 1.44 bits per heavy atom. The van der Waals surface area contributed by atoms with Gasteiger partial charge in [0.05, 0.1) is 0 Å². The largest absolute Gasteiger partial charge is 0.385 e. The van der Waals surface area contributed by atoms with Gasteiger partial charge in [0.2, 0.25) is 0 Å². The zero-order valence-electron chi connectivity index (χ0n) is 10.6. The number of rotatable bonds is 1. The minimum atomic E-state index is 0. The molecule has 0 bridgehead atoms. The lowest BCUT2D eigenvalue weighted by atomic mass is 9.80. The van der Waals surface area contributed by atoms with Crippen molar-refractivity contribution in [2.45, 2.75) is 39.0 Å². The molecule has 1 aliphatic heterocycles. The Kier molecular flexibility index (Phi) is 2.79. The maximum atomic E-state index is 4.01. The smallest absolute Gasteiger partial charge is 0.0384 e. The van der Waals surface area contributed by atoms with Crippen LogP contribution in [0, 0.1) is 0 Å². The molecule has 2 rings (SSSR count). The first-order valence-corrected chi connectivity index (χ1v) is 6.05. The lowest BCUT2D eigenvalue weighted by molar-refractivity contribution is 0.478. The van der Waals surface area contributed by atoms with Gasteiger partial charge in [-0.1, -0.05) is 38.1 Å². The van der Waals surface area contributed by atoms with Gasteiger partial charge in [0.1, 0.15) is 0 Å². The summed E-state index contributed by atoms with van der Waals surface area (Å²) >= 11 is 0. The summed E-state index contributed by atoms with van der Waals surface area (Å²) in [7, 11) is 0. The van der Waals surface area contributed by atoms with Gasteiger partial charge in [0.15, 0.2) is 0 Å². The zero-order valence-corrected chi connectivity index (χ0v) is 10.6. The Morgan fingerprint density at radius 3 is 2.88 bits per heavy atom. The molecule has 0 amide bonds. The highest BCUT2D eigenvalue weighted by Gasteiger charge is 2.25. The van der Waals surface area contributed by atoms with Gasteiger partial charge >= 0.3 is 0 Å². The molecule has 0 saturated carbocycles. The third kappa shape index (κ3) is 1.99. The van der Waals surface area contributed by atoms with E-state index in [1.807, 2.05) is 0 Å². The van der Waals surface area contributed by atoms with Crippen LogP contribution in [0.25, 0.3) is 5.57 Å². The Hall–Kier alpha value is -1.24. The highest BCUT2D eigenvalue weighted by molar-refractivity contribution is 5.68. The van der Waals surface area contributed by atoms with E-state index in [-0.39, 0.29) is 6.84 Å². The third-order valence-corrected chi connectivity index (χ3v) is 3.54. The molecule has 1 heteroatoms. The second-order valence-corrected chi connectivity index (χ2v) is 5.45.